The van der Waals surface area contributed by atoms with Crippen molar-refractivity contribution >= 4 is 26.7 Å². The Balaban J connectivity index is 1.78. The molecule has 1 aliphatic heterocycles. The first-order valence-corrected chi connectivity index (χ1v) is 7.60. The summed E-state index contributed by atoms with van der Waals surface area (Å²) in [7, 11) is 2.20. The highest BCUT2D eigenvalue weighted by atomic mass is 79.9. The predicted octanol–water partition coefficient (Wildman–Crippen LogP) is 3.35. The van der Waals surface area contributed by atoms with Crippen LogP contribution in [0.3, 0.4) is 0 Å². The minimum Gasteiger partial charge on any atom is -0.304 e. The molecule has 3 heteroatoms. The Morgan fingerprint density at radius 1 is 1.05 bits per heavy atom. The highest BCUT2D eigenvalue weighted by molar-refractivity contribution is 9.10. The average molecular weight is 319 g/mol. The van der Waals surface area contributed by atoms with E-state index in [0.29, 0.717) is 0 Å². The smallest absolute Gasteiger partial charge is 0.0253 e. The molecule has 1 heterocycles. The summed E-state index contributed by atoms with van der Waals surface area (Å²) in [5, 5.41) is 2.62. The molecule has 3 rings (SSSR count). The van der Waals surface area contributed by atoms with Crippen molar-refractivity contribution < 1.29 is 0 Å². The molecule has 2 aromatic rings. The number of fused-ring (bicyclic) bond motifs is 1. The maximum Gasteiger partial charge on any atom is 0.0253 e. The highest BCUT2D eigenvalue weighted by Gasteiger charge is 2.13. The Morgan fingerprint density at radius 2 is 1.84 bits per heavy atom. The summed E-state index contributed by atoms with van der Waals surface area (Å²) in [4.78, 5) is 4.94. The van der Waals surface area contributed by atoms with Gasteiger partial charge in [0.15, 0.2) is 0 Å². The third-order valence-corrected chi connectivity index (χ3v) is 4.59. The minimum atomic E-state index is 1.07. The second kappa shape index (κ2) is 5.61. The third-order valence-electron chi connectivity index (χ3n) is 3.89. The second-order valence-corrected chi connectivity index (χ2v) is 6.23. The SMILES string of the molecule is CN1CCN(Cc2ccc3c(Br)cccc3c2)CC1. The Kier molecular flexibility index (Phi) is 3.87. The van der Waals surface area contributed by atoms with E-state index in [1.54, 1.807) is 0 Å². The number of piperazine rings is 1. The zero-order valence-corrected chi connectivity index (χ0v) is 12.9. The van der Waals surface area contributed by atoms with Crippen molar-refractivity contribution in [3.63, 3.8) is 0 Å². The van der Waals surface area contributed by atoms with E-state index in [0.717, 1.165) is 6.54 Å². The van der Waals surface area contributed by atoms with Gasteiger partial charge in [0.05, 0.1) is 0 Å². The van der Waals surface area contributed by atoms with E-state index >= 15 is 0 Å². The molecule has 19 heavy (non-hydrogen) atoms. The van der Waals surface area contributed by atoms with Crippen LogP contribution in [0.2, 0.25) is 0 Å². The maximum atomic E-state index is 3.61. The van der Waals surface area contributed by atoms with Gasteiger partial charge >= 0.3 is 0 Å². The molecule has 1 fully saturated rings. The number of halogens is 1. The molecule has 2 aromatic carbocycles. The van der Waals surface area contributed by atoms with E-state index in [-0.39, 0.29) is 0 Å². The van der Waals surface area contributed by atoms with Gasteiger partial charge in [0.25, 0.3) is 0 Å². The van der Waals surface area contributed by atoms with Crippen LogP contribution in [-0.2, 0) is 6.54 Å². The van der Waals surface area contributed by atoms with Crippen LogP contribution in [-0.4, -0.2) is 43.0 Å². The fraction of sp³-hybridized carbons (Fsp3) is 0.375. The molecule has 0 saturated carbocycles. The molecule has 0 radical (unpaired) electrons. The molecule has 1 aliphatic rings. The van der Waals surface area contributed by atoms with Crippen molar-refractivity contribution in [2.24, 2.45) is 0 Å². The third kappa shape index (κ3) is 2.99. The number of hydrogen-bond donors (Lipinski definition) is 0. The molecule has 0 atom stereocenters. The summed E-state index contributed by atoms with van der Waals surface area (Å²) >= 11 is 3.61. The minimum absolute atomic E-state index is 1.07. The van der Waals surface area contributed by atoms with Crippen LogP contribution in [0.1, 0.15) is 5.56 Å². The van der Waals surface area contributed by atoms with Gasteiger partial charge in [-0.05, 0) is 35.5 Å². The summed E-state index contributed by atoms with van der Waals surface area (Å²) < 4.78 is 1.18. The molecule has 0 aromatic heterocycles. The van der Waals surface area contributed by atoms with E-state index in [1.807, 2.05) is 0 Å². The molecule has 0 aliphatic carbocycles. The van der Waals surface area contributed by atoms with Gasteiger partial charge in [0, 0.05) is 37.2 Å². The number of rotatable bonds is 2. The summed E-state index contributed by atoms with van der Waals surface area (Å²) in [6.45, 7) is 5.77. The van der Waals surface area contributed by atoms with Gasteiger partial charge in [-0.1, -0.05) is 40.2 Å². The lowest BCUT2D eigenvalue weighted by molar-refractivity contribution is 0.148. The van der Waals surface area contributed by atoms with E-state index in [2.05, 4.69) is 69.2 Å². The topological polar surface area (TPSA) is 6.48 Å². The molecule has 0 amide bonds. The van der Waals surface area contributed by atoms with Gasteiger partial charge in [-0.25, -0.2) is 0 Å². The van der Waals surface area contributed by atoms with Crippen LogP contribution < -0.4 is 0 Å². The van der Waals surface area contributed by atoms with Gasteiger partial charge in [0.2, 0.25) is 0 Å². The molecular weight excluding hydrogens is 300 g/mol. The van der Waals surface area contributed by atoms with Crippen LogP contribution in [0, 0.1) is 0 Å². The maximum absolute atomic E-state index is 3.61. The number of benzene rings is 2. The van der Waals surface area contributed by atoms with Crippen molar-refractivity contribution in [1.29, 1.82) is 0 Å². The normalized spacial score (nSPS) is 18.0. The number of likely N-dealkylation sites (N-methyl/N-ethyl adjacent to an activating group) is 1. The van der Waals surface area contributed by atoms with Gasteiger partial charge in [-0.3, -0.25) is 4.90 Å². The van der Waals surface area contributed by atoms with Crippen molar-refractivity contribution in [2.75, 3.05) is 33.2 Å². The fourth-order valence-electron chi connectivity index (χ4n) is 2.66. The van der Waals surface area contributed by atoms with Gasteiger partial charge in [-0.15, -0.1) is 0 Å². The quantitative estimate of drug-likeness (QED) is 0.838. The Bertz CT molecular complexity index is 574. The molecule has 0 bridgehead atoms. The Morgan fingerprint density at radius 3 is 2.63 bits per heavy atom. The van der Waals surface area contributed by atoms with Crippen molar-refractivity contribution in [2.45, 2.75) is 6.54 Å². The molecule has 2 nitrogen and oxygen atoms in total. The van der Waals surface area contributed by atoms with Crippen molar-refractivity contribution in [3.8, 4) is 0 Å². The van der Waals surface area contributed by atoms with E-state index in [4.69, 9.17) is 0 Å². The first kappa shape index (κ1) is 13.1. The zero-order chi connectivity index (χ0) is 13.2. The van der Waals surface area contributed by atoms with Crippen LogP contribution in [0.15, 0.2) is 40.9 Å². The molecule has 0 unspecified atom stereocenters. The average Bonchev–Trinajstić information content (AvgIpc) is 2.42. The lowest BCUT2D eigenvalue weighted by Crippen LogP contribution is -2.43. The van der Waals surface area contributed by atoms with Crippen LogP contribution >= 0.6 is 15.9 Å². The van der Waals surface area contributed by atoms with Crippen LogP contribution in [0.25, 0.3) is 10.8 Å². The van der Waals surface area contributed by atoms with Crippen LogP contribution in [0.4, 0.5) is 0 Å². The summed E-state index contributed by atoms with van der Waals surface area (Å²) in [5.74, 6) is 0. The largest absolute Gasteiger partial charge is 0.304 e. The molecule has 0 spiro atoms. The van der Waals surface area contributed by atoms with Crippen molar-refractivity contribution in [3.05, 3.63) is 46.4 Å². The Labute approximate surface area is 123 Å². The summed E-state index contributed by atoms with van der Waals surface area (Å²) in [5.41, 5.74) is 1.41. The number of nitrogens with zero attached hydrogens (tertiary/aromatic N) is 2. The lowest BCUT2D eigenvalue weighted by atomic mass is 10.1. The molecule has 100 valence electrons. The first-order valence-electron chi connectivity index (χ1n) is 6.80. The first-order chi connectivity index (χ1) is 9.22. The molecule has 1 saturated heterocycles. The van der Waals surface area contributed by atoms with Gasteiger partial charge < -0.3 is 4.90 Å². The second-order valence-electron chi connectivity index (χ2n) is 5.37. The monoisotopic (exact) mass is 318 g/mol. The fourth-order valence-corrected chi connectivity index (χ4v) is 3.17. The number of hydrogen-bond acceptors (Lipinski definition) is 2. The zero-order valence-electron chi connectivity index (χ0n) is 11.3. The highest BCUT2D eigenvalue weighted by Crippen LogP contribution is 2.25. The lowest BCUT2D eigenvalue weighted by Gasteiger charge is -2.32. The van der Waals surface area contributed by atoms with E-state index in [9.17, 15) is 0 Å². The summed E-state index contributed by atoms with van der Waals surface area (Å²) in [6.07, 6.45) is 0. The molecular formula is C16H19BrN2. The predicted molar refractivity (Wildman–Crippen MR) is 84.4 cm³/mol. The van der Waals surface area contributed by atoms with E-state index < -0.39 is 0 Å². The summed E-state index contributed by atoms with van der Waals surface area (Å²) in [6, 6.07) is 13.2. The molecule has 0 N–H and O–H groups in total. The van der Waals surface area contributed by atoms with Crippen LogP contribution in [0.5, 0.6) is 0 Å². The van der Waals surface area contributed by atoms with Crippen molar-refractivity contribution in [1.82, 2.24) is 9.80 Å². The van der Waals surface area contributed by atoms with Gasteiger partial charge in [0.1, 0.15) is 0 Å². The Hall–Kier alpha value is -0.900. The standard InChI is InChI=1S/C16H19BrN2/c1-18-7-9-19(10-8-18)12-13-5-6-15-14(11-13)3-2-4-16(15)17/h2-6,11H,7-10,12H2,1H3. The van der Waals surface area contributed by atoms with Gasteiger partial charge in [-0.2, -0.15) is 0 Å². The van der Waals surface area contributed by atoms with E-state index in [1.165, 1.54) is 47.0 Å².